The van der Waals surface area contributed by atoms with Crippen molar-refractivity contribution in [1.29, 1.82) is 0 Å². The second-order valence-corrected chi connectivity index (χ2v) is 38.1. The van der Waals surface area contributed by atoms with Crippen molar-refractivity contribution in [3.05, 3.63) is 253 Å². The zero-order chi connectivity index (χ0) is 91.9. The average Bonchev–Trinajstić information content (AvgIpc) is 1.65. The van der Waals surface area contributed by atoms with Gasteiger partial charge in [-0.05, 0) is 186 Å². The molecule has 18 heterocycles. The van der Waals surface area contributed by atoms with Crippen molar-refractivity contribution in [3.63, 3.8) is 0 Å². The number of aromatic amines is 4. The second kappa shape index (κ2) is 50.1. The zero-order valence-electron chi connectivity index (χ0n) is 75.1. The number of H-pyrrole nitrogens is 4. The van der Waals surface area contributed by atoms with E-state index in [1.807, 2.05) is 134 Å². The van der Waals surface area contributed by atoms with Crippen molar-refractivity contribution in [2.75, 3.05) is 64.2 Å². The van der Waals surface area contributed by atoms with Crippen LogP contribution in [0, 0.1) is 119 Å². The Morgan fingerprint density at radius 2 is 0.886 bits per heavy atom. The van der Waals surface area contributed by atoms with Crippen LogP contribution >= 0.6 is 68.0 Å². The van der Waals surface area contributed by atoms with E-state index in [1.54, 1.807) is 105 Å². The van der Waals surface area contributed by atoms with Crippen LogP contribution in [0.25, 0.3) is 16.7 Å². The highest BCUT2D eigenvalue weighted by molar-refractivity contribution is 7.10. The molecular formula is C97H100Cl2F3N22O2S6+. The monoisotopic (exact) mass is 1920 g/mol. The number of anilines is 5. The van der Waals surface area contributed by atoms with Gasteiger partial charge in [-0.2, -0.15) is 23.1 Å². The van der Waals surface area contributed by atoms with Crippen LogP contribution < -0.4 is 74.8 Å². The number of thiazole rings is 6. The van der Waals surface area contributed by atoms with E-state index in [4.69, 9.17) is 9.90 Å². The Bertz CT molecular complexity index is 6340. The summed E-state index contributed by atoms with van der Waals surface area (Å²) in [6.45, 7) is 31.6. The van der Waals surface area contributed by atoms with Crippen LogP contribution in [0.3, 0.4) is 0 Å². The van der Waals surface area contributed by atoms with Gasteiger partial charge in [0.25, 0.3) is 23.0 Å². The number of fused-ring (bicyclic) bond motifs is 1. The number of hydrogen-bond acceptors (Lipinski definition) is 25. The molecule has 0 radical (unpaired) electrons. The summed E-state index contributed by atoms with van der Waals surface area (Å²) < 4.78 is 33.6. The maximum absolute atomic E-state index is 10.5. The molecule has 132 heavy (non-hydrogen) atoms. The van der Waals surface area contributed by atoms with Gasteiger partial charge in [0.15, 0.2) is 0 Å². The van der Waals surface area contributed by atoms with Crippen molar-refractivity contribution in [3.8, 4) is 76.9 Å². The fourth-order valence-electron chi connectivity index (χ4n) is 13.5. The summed E-state index contributed by atoms with van der Waals surface area (Å²) >= 11 is 9.79. The Labute approximate surface area is 804 Å². The third kappa shape index (κ3) is 32.7. The number of rotatable bonds is 6. The van der Waals surface area contributed by atoms with Crippen molar-refractivity contribution in [2.24, 2.45) is 5.92 Å². The fraction of sp³-hybridized carbons (Fsp3) is 0.330. The number of nitrogens with zero attached hydrogens (tertiary/aromatic N) is 17. The number of carbonyl (C=O) groups excluding carboxylic acids is 1. The molecule has 0 amide bonds. The van der Waals surface area contributed by atoms with E-state index in [1.165, 1.54) is 69.4 Å². The number of pyridine rings is 4. The van der Waals surface area contributed by atoms with Crippen LogP contribution in [-0.2, 0) is 4.79 Å². The number of aliphatic carboxylic acids is 1. The molecule has 4 aliphatic heterocycles. The van der Waals surface area contributed by atoms with Gasteiger partial charge in [0.2, 0.25) is 27.9 Å². The molecule has 0 saturated carbocycles. The maximum Gasteiger partial charge on any atom is 0.430 e. The van der Waals surface area contributed by atoms with E-state index in [9.17, 15) is 13.2 Å². The number of halogens is 5. The Hall–Kier alpha value is -12.6. The normalized spacial score (nSPS) is 14.5. The molecule has 680 valence electrons. The molecule has 4 saturated heterocycles. The number of carbonyl (C=O) groups is 1. The minimum atomic E-state index is -5.19. The Morgan fingerprint density at radius 1 is 0.455 bits per heavy atom. The lowest BCUT2D eigenvalue weighted by Crippen LogP contribution is -3.00. The highest BCUT2D eigenvalue weighted by Gasteiger charge is 2.30. The van der Waals surface area contributed by atoms with Gasteiger partial charge in [-0.15, -0.1) is 45.3 Å². The van der Waals surface area contributed by atoms with E-state index in [0.29, 0.717) is 18.0 Å². The van der Waals surface area contributed by atoms with Crippen molar-refractivity contribution < 1.29 is 67.8 Å². The topological polar surface area (TPSA) is 281 Å². The van der Waals surface area contributed by atoms with Crippen LogP contribution in [-0.4, -0.2) is 133 Å². The first-order valence-corrected chi connectivity index (χ1v) is 47.6. The first-order chi connectivity index (χ1) is 62.6. The molecule has 35 heteroatoms. The molecule has 0 aliphatic carbocycles. The van der Waals surface area contributed by atoms with E-state index in [-0.39, 0.29) is 30.4 Å². The molecule has 3 unspecified atom stereocenters. The quantitative estimate of drug-likeness (QED) is 0.152. The van der Waals surface area contributed by atoms with Gasteiger partial charge in [-0.3, -0.25) is 19.4 Å². The number of aromatic nitrogens is 17. The lowest BCUT2D eigenvalue weighted by Gasteiger charge is -2.30. The van der Waals surface area contributed by atoms with Crippen molar-refractivity contribution in [2.45, 2.75) is 165 Å². The first-order valence-electron chi connectivity index (χ1n) is 42.3. The smallest absolute Gasteiger partial charge is 0.430 e. The number of piperidine rings is 2. The van der Waals surface area contributed by atoms with Crippen LogP contribution in [0.1, 0.15) is 197 Å². The summed E-state index contributed by atoms with van der Waals surface area (Å²) in [5.41, 5.74) is 11.5. The Kier molecular flexibility index (Phi) is 38.5. The number of carboxylic acids is 1. The molecule has 4 fully saturated rings. The molecule has 3 atom stereocenters. The average molecular weight is 1930 g/mol. The predicted molar refractivity (Wildman–Crippen MR) is 509 cm³/mol. The van der Waals surface area contributed by atoms with Gasteiger partial charge in [0.1, 0.15) is 47.0 Å². The van der Waals surface area contributed by atoms with Crippen LogP contribution in [0.4, 0.5) is 42.7 Å². The van der Waals surface area contributed by atoms with Gasteiger partial charge in [0, 0.05) is 157 Å². The third-order valence-electron chi connectivity index (χ3n) is 19.9. The highest BCUT2D eigenvalue weighted by atomic mass is 35.5. The summed E-state index contributed by atoms with van der Waals surface area (Å²) in [6.07, 6.45) is 28.3. The Morgan fingerprint density at radius 3 is 1.30 bits per heavy atom. The van der Waals surface area contributed by atoms with E-state index in [2.05, 4.69) is 248 Å². The molecule has 14 aromatic heterocycles. The minimum Gasteiger partial charge on any atom is -1.00 e. The number of nitrogens with one attached hydrogen (secondary N) is 5. The van der Waals surface area contributed by atoms with Gasteiger partial charge in [0.05, 0.1) is 96.0 Å². The molecule has 14 aromatic rings. The summed E-state index contributed by atoms with van der Waals surface area (Å²) in [5.74, 6) is 40.2. The molecule has 0 bridgehead atoms. The standard InChI is InChI=1S/C18H12N4S.C16H18N4S.2C16H17N3S.C15H16N4S.C14H16N4S.C2HF3O2.2ClH/c1-13-21-16(12-23-13)4-2-14-3-5-18(20-10-14)22-9-7-15-6-8-19-11-17(15)22;1-12-4-3-7-20(10-12)16-17-8-14(9-18-16)5-6-15-11-21-13(2)19-15;1-12-4-3-9-19(12)16-8-6-14(10-17-16)5-7-15-11-20-13(2)18-15;1-13-18-15(12-20-13)7-5-14-6-8-16(17-11-14)19-9-3-2-4-10-19;1-11-4-3-7-19(11)15-16-8-13(9-17-15)5-6-14-10-20-12(2)18-14;1-10-17-12(9-19-10)6-5-11-7-15-13(16-8-11)18-14(2,3)4;3-2(4,5)1(6)7;;/h3,5-12H,1H3;8-9,11-12H,3-4,7,10H2,1-2H3;6,8,10-12H,3-4,9H2,1-2H3;6,8,11-12H,2-4,9-10H2,1H3;8-11H,3-4,7H2,1-2H3;7-9H,1-4H3,(H,15,16,18);(H,6,7);2*1H/p+1. The zero-order valence-corrected chi connectivity index (χ0v) is 81.5. The maximum atomic E-state index is 10.5. The minimum absolute atomic E-state index is 0. The van der Waals surface area contributed by atoms with Gasteiger partial charge >= 0.3 is 6.18 Å². The fourth-order valence-corrected chi connectivity index (χ4v) is 16.8. The summed E-state index contributed by atoms with van der Waals surface area (Å²) in [7, 11) is 0. The van der Waals surface area contributed by atoms with E-state index >= 15 is 0 Å². The van der Waals surface area contributed by atoms with Gasteiger partial charge < -0.3 is 49.8 Å². The second-order valence-electron chi connectivity index (χ2n) is 31.7. The highest BCUT2D eigenvalue weighted by Crippen LogP contribution is 2.26. The van der Waals surface area contributed by atoms with Gasteiger partial charge in [-0.1, -0.05) is 65.1 Å². The van der Waals surface area contributed by atoms with Crippen LogP contribution in [0.5, 0.6) is 0 Å². The summed E-state index contributed by atoms with van der Waals surface area (Å²) in [5, 5.41) is 31.5. The molecule has 0 spiro atoms. The van der Waals surface area contributed by atoms with E-state index < -0.39 is 12.1 Å². The number of aryl methyl sites for hydroxylation is 6. The predicted octanol–water partition coefficient (Wildman–Crippen LogP) is 9.40. The van der Waals surface area contributed by atoms with Crippen LogP contribution in [0.2, 0.25) is 0 Å². The number of hydrogen-bond donors (Lipinski definition) is 1. The molecule has 4 aliphatic rings. The molecule has 18 rings (SSSR count). The molecule has 0 aromatic carbocycles. The molecule has 24 nitrogen and oxygen atoms in total. The van der Waals surface area contributed by atoms with Crippen molar-refractivity contribution >= 4 is 114 Å². The van der Waals surface area contributed by atoms with E-state index in [0.717, 1.165) is 171 Å². The van der Waals surface area contributed by atoms with Crippen LogP contribution in [0.15, 0.2) is 155 Å². The van der Waals surface area contributed by atoms with Gasteiger partial charge in [-0.25, -0.2) is 64.8 Å². The lowest BCUT2D eigenvalue weighted by atomic mass is 10.0. The summed E-state index contributed by atoms with van der Waals surface area (Å²) in [4.78, 5) is 83.5. The largest absolute Gasteiger partial charge is 1.00 e. The molecular weight excluding hydrogens is 1830 g/mol. The molecule has 5 N–H and O–H groups in total. The number of carboxylic acid groups (broad SMARTS) is 1. The number of alkyl halides is 3. The summed E-state index contributed by atoms with van der Waals surface area (Å²) in [6, 6.07) is 17.5. The third-order valence-corrected chi connectivity index (χ3v) is 24.6. The van der Waals surface area contributed by atoms with Crippen molar-refractivity contribution in [1.82, 2.24) is 64.4 Å². The Balaban J connectivity index is 0.000000162. The lowest BCUT2D eigenvalue weighted by molar-refractivity contribution is -0.383. The SMILES string of the molecule is Cc1[nH+]c(C#Cc2cnc(N3CCCC(C)C3)nc2)cs1.Cc1[nH+]c(C#Cc2cnc(NC(C)(C)C)nc2)cs1.Cc1nc(C#Cc2ccc(-n3ccc4ccncc43)nc2)cs1.Cc1nc(C#Cc2ccc(N3CCCC3C)[nH+]c2)cs1.Cc1nc(C#Cc2ccc(N3CCCCC3)[nH+]c2)cs1.Cc1nc(C#Cc2cnc(N3CCCC3C)nc2)cs1.O=C([O-])C(F)(F)F.[Cl-].[Cl-]. The first kappa shape index (κ1) is 101.